The molecule has 1 amide bonds. The summed E-state index contributed by atoms with van der Waals surface area (Å²) in [5.41, 5.74) is 1.18. The van der Waals surface area contributed by atoms with E-state index in [4.69, 9.17) is 0 Å². The van der Waals surface area contributed by atoms with Crippen LogP contribution >= 0.6 is 15.9 Å². The van der Waals surface area contributed by atoms with Gasteiger partial charge in [-0.3, -0.25) is 4.79 Å². The predicted octanol–water partition coefficient (Wildman–Crippen LogP) is 2.77. The Bertz CT molecular complexity index is 561. The van der Waals surface area contributed by atoms with Crippen LogP contribution in [-0.4, -0.2) is 10.7 Å². The molecule has 0 radical (unpaired) electrons. The van der Waals surface area contributed by atoms with Gasteiger partial charge in [-0.15, -0.1) is 0 Å². The van der Waals surface area contributed by atoms with E-state index in [0.29, 0.717) is 0 Å². The summed E-state index contributed by atoms with van der Waals surface area (Å²) in [5.74, 6) is 0.0675. The Morgan fingerprint density at radius 3 is 2.56 bits per heavy atom. The molecule has 2 aromatic carbocycles. The fraction of sp³-hybridized carbons (Fsp3) is 0.154. The molecule has 2 atom stereocenters. The number of nitrogens with one attached hydrogen (secondary N) is 1. The number of amides is 1. The van der Waals surface area contributed by atoms with Crippen LogP contribution in [0.25, 0.3) is 10.8 Å². The number of rotatable bonds is 1. The molecule has 2 aromatic rings. The highest BCUT2D eigenvalue weighted by molar-refractivity contribution is 9.10. The van der Waals surface area contributed by atoms with Crippen molar-refractivity contribution < 1.29 is 4.79 Å². The van der Waals surface area contributed by atoms with Crippen molar-refractivity contribution in [3.05, 3.63) is 48.0 Å². The molecular weight excluding hydrogens is 266 g/mol. The molecule has 0 aromatic heterocycles. The van der Waals surface area contributed by atoms with E-state index < -0.39 is 0 Å². The quantitative estimate of drug-likeness (QED) is 0.629. The summed E-state index contributed by atoms with van der Waals surface area (Å²) < 4.78 is 0. The maximum Gasteiger partial charge on any atom is 0.236 e. The van der Waals surface area contributed by atoms with Crippen LogP contribution in [-0.2, 0) is 4.79 Å². The molecule has 80 valence electrons. The predicted molar refractivity (Wildman–Crippen MR) is 67.5 cm³/mol. The van der Waals surface area contributed by atoms with E-state index in [-0.39, 0.29) is 16.8 Å². The molecule has 0 aliphatic carbocycles. The summed E-state index contributed by atoms with van der Waals surface area (Å²) >= 11 is 3.40. The summed E-state index contributed by atoms with van der Waals surface area (Å²) in [4.78, 5) is 11.1. The van der Waals surface area contributed by atoms with Gasteiger partial charge in [-0.2, -0.15) is 0 Å². The average molecular weight is 276 g/mol. The minimum Gasteiger partial charge on any atom is -0.347 e. The van der Waals surface area contributed by atoms with Crippen LogP contribution in [0.1, 0.15) is 11.6 Å². The third-order valence-corrected chi connectivity index (χ3v) is 3.94. The Kier molecular flexibility index (Phi) is 2.21. The lowest BCUT2D eigenvalue weighted by Gasteiger charge is -2.33. The number of benzene rings is 2. The Hall–Kier alpha value is -1.35. The third kappa shape index (κ3) is 1.35. The second-order valence-electron chi connectivity index (χ2n) is 3.96. The Balaban J connectivity index is 2.14. The summed E-state index contributed by atoms with van der Waals surface area (Å²) in [7, 11) is 0. The first-order chi connectivity index (χ1) is 7.77. The third-order valence-electron chi connectivity index (χ3n) is 3.00. The van der Waals surface area contributed by atoms with Gasteiger partial charge in [0.1, 0.15) is 4.83 Å². The summed E-state index contributed by atoms with van der Waals surface area (Å²) in [6.45, 7) is 0. The molecule has 1 N–H and O–H groups in total. The molecule has 0 unspecified atom stereocenters. The topological polar surface area (TPSA) is 29.1 Å². The van der Waals surface area contributed by atoms with E-state index in [1.165, 1.54) is 16.3 Å². The number of alkyl halides is 1. The van der Waals surface area contributed by atoms with Gasteiger partial charge in [0.2, 0.25) is 5.91 Å². The number of fused-ring (bicyclic) bond motifs is 1. The zero-order valence-electron chi connectivity index (χ0n) is 8.48. The molecule has 1 heterocycles. The van der Waals surface area contributed by atoms with Crippen molar-refractivity contribution in [3.8, 4) is 0 Å². The first-order valence-corrected chi connectivity index (χ1v) is 6.11. The van der Waals surface area contributed by atoms with E-state index in [9.17, 15) is 4.79 Å². The minimum atomic E-state index is -0.0988. The van der Waals surface area contributed by atoms with Crippen LogP contribution in [0.4, 0.5) is 0 Å². The van der Waals surface area contributed by atoms with Gasteiger partial charge >= 0.3 is 0 Å². The zero-order valence-corrected chi connectivity index (χ0v) is 10.1. The van der Waals surface area contributed by atoms with Crippen molar-refractivity contribution in [1.29, 1.82) is 0 Å². The Labute approximate surface area is 102 Å². The first-order valence-electron chi connectivity index (χ1n) is 5.19. The van der Waals surface area contributed by atoms with Gasteiger partial charge in [0.15, 0.2) is 0 Å². The van der Waals surface area contributed by atoms with Gasteiger partial charge in [0.25, 0.3) is 0 Å². The smallest absolute Gasteiger partial charge is 0.236 e. The molecule has 1 saturated heterocycles. The van der Waals surface area contributed by atoms with Crippen molar-refractivity contribution in [2.75, 3.05) is 0 Å². The molecule has 1 fully saturated rings. The van der Waals surface area contributed by atoms with Gasteiger partial charge < -0.3 is 5.32 Å². The molecule has 0 saturated carbocycles. The lowest BCUT2D eigenvalue weighted by atomic mass is 9.92. The van der Waals surface area contributed by atoms with E-state index in [1.807, 2.05) is 18.2 Å². The molecule has 3 heteroatoms. The van der Waals surface area contributed by atoms with Crippen molar-refractivity contribution >= 4 is 32.6 Å². The van der Waals surface area contributed by atoms with Gasteiger partial charge in [-0.25, -0.2) is 0 Å². The van der Waals surface area contributed by atoms with E-state index in [2.05, 4.69) is 45.5 Å². The molecule has 0 spiro atoms. The minimum absolute atomic E-state index is 0.0675. The van der Waals surface area contributed by atoms with E-state index in [1.54, 1.807) is 0 Å². The highest BCUT2D eigenvalue weighted by Gasteiger charge is 2.38. The Morgan fingerprint density at radius 1 is 1.06 bits per heavy atom. The van der Waals surface area contributed by atoms with E-state index in [0.717, 1.165) is 0 Å². The van der Waals surface area contributed by atoms with Crippen LogP contribution in [0.15, 0.2) is 42.5 Å². The molecular formula is C13H10BrNO. The molecule has 1 aliphatic rings. The SMILES string of the molecule is O=C1N[C@H](c2cccc3ccccc23)[C@H]1Br. The van der Waals surface area contributed by atoms with Crippen molar-refractivity contribution in [3.63, 3.8) is 0 Å². The van der Waals surface area contributed by atoms with Crippen LogP contribution in [0.5, 0.6) is 0 Å². The first kappa shape index (κ1) is 9.85. The van der Waals surface area contributed by atoms with Crippen LogP contribution in [0.3, 0.4) is 0 Å². The van der Waals surface area contributed by atoms with Crippen molar-refractivity contribution in [1.82, 2.24) is 5.32 Å². The number of halogens is 1. The zero-order chi connectivity index (χ0) is 11.1. The molecule has 0 bridgehead atoms. The van der Waals surface area contributed by atoms with Crippen molar-refractivity contribution in [2.45, 2.75) is 10.9 Å². The molecule has 1 aliphatic heterocycles. The van der Waals surface area contributed by atoms with Crippen LogP contribution < -0.4 is 5.32 Å². The fourth-order valence-corrected chi connectivity index (χ4v) is 2.67. The molecule has 2 nitrogen and oxygen atoms in total. The monoisotopic (exact) mass is 275 g/mol. The lowest BCUT2D eigenvalue weighted by Crippen LogP contribution is -2.52. The lowest BCUT2D eigenvalue weighted by molar-refractivity contribution is -0.127. The number of carbonyl (C=O) groups is 1. The summed E-state index contributed by atoms with van der Waals surface area (Å²) in [5, 5.41) is 5.33. The number of hydrogen-bond acceptors (Lipinski definition) is 1. The largest absolute Gasteiger partial charge is 0.347 e. The average Bonchev–Trinajstić information content (AvgIpc) is 2.35. The number of hydrogen-bond donors (Lipinski definition) is 1. The van der Waals surface area contributed by atoms with Crippen LogP contribution in [0, 0.1) is 0 Å². The maximum atomic E-state index is 11.2. The Morgan fingerprint density at radius 2 is 1.81 bits per heavy atom. The van der Waals surface area contributed by atoms with Gasteiger partial charge in [0, 0.05) is 0 Å². The van der Waals surface area contributed by atoms with E-state index >= 15 is 0 Å². The fourth-order valence-electron chi connectivity index (χ4n) is 2.12. The highest BCUT2D eigenvalue weighted by Crippen LogP contribution is 2.34. The second-order valence-corrected chi connectivity index (χ2v) is 4.94. The summed E-state index contributed by atoms with van der Waals surface area (Å²) in [6.07, 6.45) is 0. The number of β-lactam (4-membered cyclic amide) rings is 1. The maximum absolute atomic E-state index is 11.2. The van der Waals surface area contributed by atoms with Gasteiger partial charge in [-0.1, -0.05) is 58.4 Å². The normalized spacial score (nSPS) is 23.9. The highest BCUT2D eigenvalue weighted by atomic mass is 79.9. The van der Waals surface area contributed by atoms with Crippen molar-refractivity contribution in [2.24, 2.45) is 0 Å². The molecule has 3 rings (SSSR count). The standard InChI is InChI=1S/C13H10BrNO/c14-11-12(15-13(11)16)10-7-3-5-8-4-1-2-6-9(8)10/h1-7,11-12H,(H,15,16)/t11-,12-/m1/s1. The summed E-state index contributed by atoms with van der Waals surface area (Å²) in [6, 6.07) is 14.5. The van der Waals surface area contributed by atoms with Gasteiger partial charge in [0.05, 0.1) is 6.04 Å². The number of carbonyl (C=O) groups excluding carboxylic acids is 1. The van der Waals surface area contributed by atoms with Crippen LogP contribution in [0.2, 0.25) is 0 Å². The second kappa shape index (κ2) is 3.59. The molecule has 16 heavy (non-hydrogen) atoms. The van der Waals surface area contributed by atoms with Gasteiger partial charge in [-0.05, 0) is 16.3 Å².